The number of amides is 2. The number of rotatable bonds is 7. The van der Waals surface area contributed by atoms with Crippen LogP contribution in [0.4, 0.5) is 4.79 Å². The number of hydrogen-bond donors (Lipinski definition) is 0. The summed E-state index contributed by atoms with van der Waals surface area (Å²) in [5, 5.41) is 0.374. The number of benzene rings is 3. The lowest BCUT2D eigenvalue weighted by Gasteiger charge is -2.13. The van der Waals surface area contributed by atoms with Gasteiger partial charge in [0, 0.05) is 9.50 Å². The van der Waals surface area contributed by atoms with E-state index in [2.05, 4.69) is 15.9 Å². The Hall–Kier alpha value is -2.74. The zero-order valence-corrected chi connectivity index (χ0v) is 20.7. The summed E-state index contributed by atoms with van der Waals surface area (Å²) < 4.78 is 12.2. The Morgan fingerprint density at radius 1 is 1.03 bits per heavy atom. The van der Waals surface area contributed by atoms with Crippen molar-refractivity contribution in [1.29, 1.82) is 0 Å². The van der Waals surface area contributed by atoms with E-state index in [-0.39, 0.29) is 17.7 Å². The summed E-state index contributed by atoms with van der Waals surface area (Å²) in [6.45, 7) is 0.574. The molecule has 0 N–H and O–H groups in total. The van der Waals surface area contributed by atoms with Crippen LogP contribution in [0.5, 0.6) is 11.5 Å². The first-order chi connectivity index (χ1) is 15.9. The van der Waals surface area contributed by atoms with E-state index in [4.69, 9.17) is 21.1 Å². The molecule has 2 amide bonds. The van der Waals surface area contributed by atoms with Crippen LogP contribution in [0.2, 0.25) is 5.02 Å². The minimum Gasteiger partial charge on any atom is -0.493 e. The third kappa shape index (κ3) is 5.61. The maximum Gasteiger partial charge on any atom is 0.293 e. The molecule has 5 nitrogen and oxygen atoms in total. The van der Waals surface area contributed by atoms with Gasteiger partial charge in [0.05, 0.1) is 18.6 Å². The number of halogens is 2. The SMILES string of the molecule is COc1cc(/C=C2\SC(=O)N(Cc3ccccc3Br)C2=O)ccc1OCc1ccc(Cl)cc1. The van der Waals surface area contributed by atoms with E-state index in [1.807, 2.05) is 54.6 Å². The number of nitrogens with zero attached hydrogens (tertiary/aromatic N) is 1. The van der Waals surface area contributed by atoms with E-state index in [1.165, 1.54) is 4.90 Å². The molecule has 1 saturated heterocycles. The average Bonchev–Trinajstić information content (AvgIpc) is 3.07. The minimum absolute atomic E-state index is 0.213. The fraction of sp³-hybridized carbons (Fsp3) is 0.120. The molecule has 33 heavy (non-hydrogen) atoms. The quantitative estimate of drug-likeness (QED) is 0.302. The van der Waals surface area contributed by atoms with Crippen molar-refractivity contribution in [3.8, 4) is 11.5 Å². The molecule has 1 aliphatic heterocycles. The van der Waals surface area contributed by atoms with Crippen molar-refractivity contribution >= 4 is 56.5 Å². The Labute approximate surface area is 209 Å². The summed E-state index contributed by atoms with van der Waals surface area (Å²) in [4.78, 5) is 27.0. The normalized spacial score (nSPS) is 14.8. The van der Waals surface area contributed by atoms with Crippen molar-refractivity contribution < 1.29 is 19.1 Å². The predicted octanol–water partition coefficient (Wildman–Crippen LogP) is 6.93. The second kappa shape index (κ2) is 10.5. The van der Waals surface area contributed by atoms with E-state index < -0.39 is 0 Å². The first-order valence-electron chi connectivity index (χ1n) is 9.98. The Balaban J connectivity index is 1.49. The van der Waals surface area contributed by atoms with Crippen LogP contribution in [0.3, 0.4) is 0 Å². The van der Waals surface area contributed by atoms with Crippen molar-refractivity contribution in [2.45, 2.75) is 13.2 Å². The molecule has 0 aromatic heterocycles. The third-order valence-corrected chi connectivity index (χ3v) is 6.89. The maximum atomic E-state index is 12.9. The molecule has 1 aliphatic rings. The van der Waals surface area contributed by atoms with Gasteiger partial charge in [-0.1, -0.05) is 63.9 Å². The molecule has 0 unspecified atom stereocenters. The highest BCUT2D eigenvalue weighted by atomic mass is 79.9. The molecule has 0 spiro atoms. The Kier molecular flexibility index (Phi) is 7.42. The Morgan fingerprint density at radius 3 is 2.52 bits per heavy atom. The minimum atomic E-state index is -0.317. The summed E-state index contributed by atoms with van der Waals surface area (Å²) in [6, 6.07) is 20.3. The summed E-state index contributed by atoms with van der Waals surface area (Å²) in [7, 11) is 1.56. The smallest absolute Gasteiger partial charge is 0.293 e. The summed E-state index contributed by atoms with van der Waals surface area (Å²) in [5.41, 5.74) is 2.58. The van der Waals surface area contributed by atoms with Gasteiger partial charge in [-0.25, -0.2) is 0 Å². The van der Waals surface area contributed by atoms with Gasteiger partial charge in [-0.15, -0.1) is 0 Å². The van der Waals surface area contributed by atoms with Crippen molar-refractivity contribution in [2.75, 3.05) is 7.11 Å². The fourth-order valence-electron chi connectivity index (χ4n) is 3.22. The summed E-state index contributed by atoms with van der Waals surface area (Å²) in [6.07, 6.45) is 1.69. The van der Waals surface area contributed by atoms with Crippen LogP contribution in [0, 0.1) is 0 Å². The van der Waals surface area contributed by atoms with Gasteiger partial charge in [0.1, 0.15) is 6.61 Å². The molecule has 0 atom stereocenters. The second-order valence-corrected chi connectivity index (χ2v) is 9.47. The molecule has 0 aliphatic carbocycles. The van der Waals surface area contributed by atoms with Crippen LogP contribution in [0.15, 0.2) is 76.1 Å². The number of ether oxygens (including phenoxy) is 2. The lowest BCUT2D eigenvalue weighted by molar-refractivity contribution is -0.123. The number of methoxy groups -OCH3 is 1. The standard InChI is InChI=1S/C25H19BrClNO4S/c1-31-22-12-17(8-11-21(22)32-15-16-6-9-19(27)10-7-16)13-23-24(29)28(25(30)33-23)14-18-4-2-3-5-20(18)26/h2-13H,14-15H2,1H3/b23-13-. The van der Waals surface area contributed by atoms with E-state index in [0.29, 0.717) is 28.0 Å². The lowest BCUT2D eigenvalue weighted by Crippen LogP contribution is -2.27. The van der Waals surface area contributed by atoms with Crippen molar-refractivity contribution in [3.05, 3.63) is 97.8 Å². The van der Waals surface area contributed by atoms with Crippen LogP contribution in [0.25, 0.3) is 6.08 Å². The molecule has 3 aromatic carbocycles. The highest BCUT2D eigenvalue weighted by Gasteiger charge is 2.35. The van der Waals surface area contributed by atoms with Crippen LogP contribution in [-0.2, 0) is 17.9 Å². The molecule has 168 valence electrons. The molecule has 8 heteroatoms. The second-order valence-electron chi connectivity index (χ2n) is 7.18. The highest BCUT2D eigenvalue weighted by Crippen LogP contribution is 2.36. The maximum absolute atomic E-state index is 12.9. The number of imide groups is 1. The summed E-state index contributed by atoms with van der Waals surface area (Å²) >= 11 is 10.3. The van der Waals surface area contributed by atoms with Gasteiger partial charge in [0.25, 0.3) is 11.1 Å². The molecule has 1 heterocycles. The number of carbonyl (C=O) groups excluding carboxylic acids is 2. The fourth-order valence-corrected chi connectivity index (χ4v) is 4.59. The van der Waals surface area contributed by atoms with Crippen LogP contribution in [-0.4, -0.2) is 23.2 Å². The molecule has 0 saturated carbocycles. The van der Waals surface area contributed by atoms with Gasteiger partial charge in [-0.2, -0.15) is 0 Å². The van der Waals surface area contributed by atoms with Gasteiger partial charge in [0.15, 0.2) is 11.5 Å². The third-order valence-electron chi connectivity index (χ3n) is 4.95. The molecule has 0 bridgehead atoms. The first kappa shape index (κ1) is 23.4. The van der Waals surface area contributed by atoms with Crippen LogP contribution < -0.4 is 9.47 Å². The largest absolute Gasteiger partial charge is 0.493 e. The van der Waals surface area contributed by atoms with Crippen molar-refractivity contribution in [3.63, 3.8) is 0 Å². The molecule has 4 rings (SSSR count). The summed E-state index contributed by atoms with van der Waals surface area (Å²) in [5.74, 6) is 0.791. The zero-order chi connectivity index (χ0) is 23.4. The molecule has 1 fully saturated rings. The predicted molar refractivity (Wildman–Crippen MR) is 134 cm³/mol. The Morgan fingerprint density at radius 2 is 1.79 bits per heavy atom. The van der Waals surface area contributed by atoms with E-state index in [1.54, 1.807) is 25.3 Å². The number of carbonyl (C=O) groups is 2. The van der Waals surface area contributed by atoms with E-state index in [0.717, 1.165) is 32.9 Å². The Bertz CT molecular complexity index is 1230. The number of hydrogen-bond acceptors (Lipinski definition) is 5. The van der Waals surface area contributed by atoms with Gasteiger partial charge in [-0.3, -0.25) is 14.5 Å². The lowest BCUT2D eigenvalue weighted by atomic mass is 10.1. The topological polar surface area (TPSA) is 55.8 Å². The van der Waals surface area contributed by atoms with Crippen LogP contribution >= 0.6 is 39.3 Å². The molecule has 3 aromatic rings. The molecular formula is C25H19BrClNO4S. The van der Waals surface area contributed by atoms with Crippen molar-refractivity contribution in [1.82, 2.24) is 4.90 Å². The van der Waals surface area contributed by atoms with Gasteiger partial charge in [0.2, 0.25) is 0 Å². The van der Waals surface area contributed by atoms with Gasteiger partial charge in [-0.05, 0) is 64.9 Å². The van der Waals surface area contributed by atoms with Gasteiger partial charge >= 0.3 is 0 Å². The molecule has 0 radical (unpaired) electrons. The number of thioether (sulfide) groups is 1. The first-order valence-corrected chi connectivity index (χ1v) is 12.0. The highest BCUT2D eigenvalue weighted by molar-refractivity contribution is 9.10. The van der Waals surface area contributed by atoms with Crippen LogP contribution in [0.1, 0.15) is 16.7 Å². The monoisotopic (exact) mass is 543 g/mol. The molecular weight excluding hydrogens is 526 g/mol. The van der Waals surface area contributed by atoms with Crippen molar-refractivity contribution in [2.24, 2.45) is 0 Å². The van der Waals surface area contributed by atoms with Gasteiger partial charge < -0.3 is 9.47 Å². The average molecular weight is 545 g/mol. The zero-order valence-electron chi connectivity index (χ0n) is 17.6. The van der Waals surface area contributed by atoms with E-state index in [9.17, 15) is 9.59 Å². The van der Waals surface area contributed by atoms with E-state index >= 15 is 0 Å².